The monoisotopic (exact) mass is 571 g/mol. The van der Waals surface area contributed by atoms with E-state index < -0.39 is 0 Å². The quantitative estimate of drug-likeness (QED) is 0.123. The van der Waals surface area contributed by atoms with Gasteiger partial charge in [-0.2, -0.15) is 0 Å². The average Bonchev–Trinajstić information content (AvgIpc) is 3.25. The molecule has 6 heteroatoms. The van der Waals surface area contributed by atoms with E-state index in [1.54, 1.807) is 0 Å². The van der Waals surface area contributed by atoms with Crippen LogP contribution in [0.5, 0.6) is 0 Å². The Morgan fingerprint density at radius 3 is 1.56 bits per heavy atom. The molecular formula is C33H26BrN5. The van der Waals surface area contributed by atoms with Gasteiger partial charge in [0.15, 0.2) is 0 Å². The van der Waals surface area contributed by atoms with Crippen LogP contribution < -0.4 is 11.5 Å². The molecule has 0 bridgehead atoms. The van der Waals surface area contributed by atoms with Gasteiger partial charge in [0.05, 0.1) is 0 Å². The summed E-state index contributed by atoms with van der Waals surface area (Å²) in [5.74, 6) is 0.113. The number of nitrogens with one attached hydrogen (secondary N) is 2. The minimum Gasteiger partial charge on any atom is -0.384 e. The normalized spacial score (nSPS) is 11.2. The van der Waals surface area contributed by atoms with E-state index in [2.05, 4.69) is 75.1 Å². The standard InChI is InChI=1S/C33H26BrN5/c34-27-9-1-4-20(14-27)19-39-30-12-10-23(21-5-2-7-25(15-21)32(35)36)17-28(30)29-18-24(11-13-31(29)39)22-6-3-8-26(16-22)33(37)38/h1-18H,19H2,(H3,35,36)(H3,37,38). The Labute approximate surface area is 234 Å². The lowest BCUT2D eigenvalue weighted by Gasteiger charge is -2.10. The third-order valence-electron chi connectivity index (χ3n) is 7.11. The van der Waals surface area contributed by atoms with Crippen LogP contribution in [0.4, 0.5) is 0 Å². The molecule has 6 N–H and O–H groups in total. The van der Waals surface area contributed by atoms with Gasteiger partial charge in [0.25, 0.3) is 0 Å². The number of fused-ring (bicyclic) bond motifs is 3. The van der Waals surface area contributed by atoms with E-state index in [4.69, 9.17) is 22.3 Å². The van der Waals surface area contributed by atoms with Crippen molar-refractivity contribution in [3.05, 3.63) is 130 Å². The molecule has 0 aliphatic rings. The molecule has 0 radical (unpaired) electrons. The van der Waals surface area contributed by atoms with Gasteiger partial charge in [-0.1, -0.05) is 76.6 Å². The topological polar surface area (TPSA) is 105 Å². The Kier molecular flexibility index (Phi) is 6.25. The molecular weight excluding hydrogens is 546 g/mol. The summed E-state index contributed by atoms with van der Waals surface area (Å²) in [7, 11) is 0. The number of aromatic nitrogens is 1. The lowest BCUT2D eigenvalue weighted by Crippen LogP contribution is -2.10. The zero-order valence-electron chi connectivity index (χ0n) is 21.1. The third-order valence-corrected chi connectivity index (χ3v) is 7.60. The zero-order chi connectivity index (χ0) is 27.1. The Bertz CT molecular complexity index is 1800. The first kappa shape index (κ1) is 24.6. The van der Waals surface area contributed by atoms with Gasteiger partial charge in [0.1, 0.15) is 11.7 Å². The van der Waals surface area contributed by atoms with Crippen molar-refractivity contribution in [1.29, 1.82) is 10.8 Å². The third kappa shape index (κ3) is 4.71. The van der Waals surface area contributed by atoms with Gasteiger partial charge < -0.3 is 16.0 Å². The summed E-state index contributed by atoms with van der Waals surface area (Å²) in [6.45, 7) is 0.734. The van der Waals surface area contributed by atoms with Crippen LogP contribution in [0.3, 0.4) is 0 Å². The molecule has 0 saturated carbocycles. The molecule has 0 unspecified atom stereocenters. The zero-order valence-corrected chi connectivity index (χ0v) is 22.7. The summed E-state index contributed by atoms with van der Waals surface area (Å²) in [6.07, 6.45) is 0. The lowest BCUT2D eigenvalue weighted by molar-refractivity contribution is 0.868. The molecule has 5 aromatic carbocycles. The molecule has 1 heterocycles. The van der Waals surface area contributed by atoms with Crippen LogP contribution in [0, 0.1) is 10.8 Å². The number of halogens is 1. The van der Waals surface area contributed by atoms with Crippen molar-refractivity contribution in [2.75, 3.05) is 0 Å². The fourth-order valence-electron chi connectivity index (χ4n) is 5.18. The van der Waals surface area contributed by atoms with Crippen LogP contribution in [0.1, 0.15) is 16.7 Å². The van der Waals surface area contributed by atoms with Crippen LogP contribution in [-0.2, 0) is 6.54 Å². The number of nitrogens with two attached hydrogens (primary N) is 2. The summed E-state index contributed by atoms with van der Waals surface area (Å²) in [5.41, 5.74) is 20.6. The Morgan fingerprint density at radius 2 is 1.08 bits per heavy atom. The first-order valence-corrected chi connectivity index (χ1v) is 13.4. The maximum atomic E-state index is 7.86. The maximum absolute atomic E-state index is 7.86. The lowest BCUT2D eigenvalue weighted by atomic mass is 9.98. The second-order valence-electron chi connectivity index (χ2n) is 9.67. The van der Waals surface area contributed by atoms with E-state index in [1.165, 1.54) is 5.56 Å². The summed E-state index contributed by atoms with van der Waals surface area (Å²) in [5, 5.41) is 18.0. The van der Waals surface area contributed by atoms with Crippen LogP contribution >= 0.6 is 15.9 Å². The minimum absolute atomic E-state index is 0.0565. The molecule has 39 heavy (non-hydrogen) atoms. The predicted molar refractivity (Wildman–Crippen MR) is 166 cm³/mol. The van der Waals surface area contributed by atoms with E-state index in [0.29, 0.717) is 11.1 Å². The van der Waals surface area contributed by atoms with Gasteiger partial charge in [0.2, 0.25) is 0 Å². The van der Waals surface area contributed by atoms with E-state index in [1.807, 2.05) is 54.6 Å². The maximum Gasteiger partial charge on any atom is 0.122 e. The highest BCUT2D eigenvalue weighted by Gasteiger charge is 2.14. The van der Waals surface area contributed by atoms with Gasteiger partial charge in [-0.3, -0.25) is 10.8 Å². The highest BCUT2D eigenvalue weighted by atomic mass is 79.9. The predicted octanol–water partition coefficient (Wildman–Crippen LogP) is 7.51. The van der Waals surface area contributed by atoms with E-state index >= 15 is 0 Å². The second kappa shape index (κ2) is 9.89. The Morgan fingerprint density at radius 1 is 0.590 bits per heavy atom. The SMILES string of the molecule is N=C(N)c1cccc(-c2ccc3c(c2)c2cc(-c4cccc(C(=N)N)c4)ccc2n3Cc2cccc(Br)c2)c1. The summed E-state index contributed by atoms with van der Waals surface area (Å²) >= 11 is 3.61. The number of nitrogens with zero attached hydrogens (tertiary/aromatic N) is 1. The smallest absolute Gasteiger partial charge is 0.122 e. The van der Waals surface area contributed by atoms with Gasteiger partial charge in [-0.15, -0.1) is 0 Å². The fraction of sp³-hybridized carbons (Fsp3) is 0.0303. The second-order valence-corrected chi connectivity index (χ2v) is 10.6. The first-order valence-electron chi connectivity index (χ1n) is 12.6. The molecule has 0 atom stereocenters. The number of nitrogen functional groups attached to an aromatic ring is 2. The number of rotatable bonds is 6. The van der Waals surface area contributed by atoms with Crippen molar-refractivity contribution in [3.8, 4) is 22.3 Å². The molecule has 5 nitrogen and oxygen atoms in total. The van der Waals surface area contributed by atoms with Crippen molar-refractivity contribution in [2.24, 2.45) is 11.5 Å². The molecule has 0 spiro atoms. The number of hydrogen-bond donors (Lipinski definition) is 4. The van der Waals surface area contributed by atoms with Crippen LogP contribution in [0.2, 0.25) is 0 Å². The molecule has 0 aliphatic heterocycles. The van der Waals surface area contributed by atoms with E-state index in [0.717, 1.165) is 55.1 Å². The van der Waals surface area contributed by atoms with E-state index in [9.17, 15) is 0 Å². The van der Waals surface area contributed by atoms with Crippen molar-refractivity contribution >= 4 is 49.4 Å². The molecule has 6 aromatic rings. The van der Waals surface area contributed by atoms with Gasteiger partial charge in [0, 0.05) is 44.0 Å². The van der Waals surface area contributed by atoms with Crippen LogP contribution in [0.15, 0.2) is 114 Å². The van der Waals surface area contributed by atoms with Crippen LogP contribution in [0.25, 0.3) is 44.1 Å². The molecule has 0 saturated heterocycles. The van der Waals surface area contributed by atoms with Crippen molar-refractivity contribution in [1.82, 2.24) is 4.57 Å². The molecule has 190 valence electrons. The highest BCUT2D eigenvalue weighted by Crippen LogP contribution is 2.36. The van der Waals surface area contributed by atoms with Crippen molar-refractivity contribution in [3.63, 3.8) is 0 Å². The molecule has 0 fully saturated rings. The van der Waals surface area contributed by atoms with E-state index in [-0.39, 0.29) is 11.7 Å². The minimum atomic E-state index is 0.0565. The largest absolute Gasteiger partial charge is 0.384 e. The number of benzene rings is 5. The van der Waals surface area contributed by atoms with Gasteiger partial charge in [-0.05, 0) is 76.3 Å². The molecule has 0 amide bonds. The van der Waals surface area contributed by atoms with Gasteiger partial charge in [-0.25, -0.2) is 0 Å². The molecule has 0 aliphatic carbocycles. The number of hydrogen-bond acceptors (Lipinski definition) is 2. The number of amidine groups is 2. The van der Waals surface area contributed by atoms with Gasteiger partial charge >= 0.3 is 0 Å². The fourth-order valence-corrected chi connectivity index (χ4v) is 5.63. The van der Waals surface area contributed by atoms with Crippen molar-refractivity contribution in [2.45, 2.75) is 6.54 Å². The van der Waals surface area contributed by atoms with Crippen LogP contribution in [-0.4, -0.2) is 16.2 Å². The average molecular weight is 573 g/mol. The highest BCUT2D eigenvalue weighted by molar-refractivity contribution is 9.10. The summed E-state index contributed by atoms with van der Waals surface area (Å²) in [6, 6.07) is 37.1. The Balaban J connectivity index is 1.57. The Hall–Kier alpha value is -4.68. The van der Waals surface area contributed by atoms with Crippen molar-refractivity contribution < 1.29 is 0 Å². The first-order chi connectivity index (χ1) is 18.9. The summed E-state index contributed by atoms with van der Waals surface area (Å²) in [4.78, 5) is 0. The molecule has 6 rings (SSSR count). The molecule has 1 aromatic heterocycles. The summed E-state index contributed by atoms with van der Waals surface area (Å²) < 4.78 is 3.42.